The summed E-state index contributed by atoms with van der Waals surface area (Å²) in [5.41, 5.74) is 1.51. The highest BCUT2D eigenvalue weighted by molar-refractivity contribution is 6.74. The maximum absolute atomic E-state index is 14.4. The number of rotatable bonds is 6. The molecule has 1 atom stereocenters. The van der Waals surface area contributed by atoms with Crippen molar-refractivity contribution in [2.24, 2.45) is 0 Å². The molecule has 2 aliphatic rings. The fourth-order valence-electron chi connectivity index (χ4n) is 5.26. The number of nitrogens with zero attached hydrogens (tertiary/aromatic N) is 2. The number of ether oxygens (including phenoxy) is 1. The molecule has 1 unspecified atom stereocenters. The van der Waals surface area contributed by atoms with Crippen LogP contribution in [0.25, 0.3) is 0 Å². The molecule has 7 heteroatoms. The molecule has 39 heavy (non-hydrogen) atoms. The molecule has 0 bridgehead atoms. The third-order valence-corrected chi connectivity index (χ3v) is 13.1. The Kier molecular flexibility index (Phi) is 6.69. The number of aliphatic hydroxyl groups is 1. The molecule has 6 nitrogen and oxygen atoms in total. The van der Waals surface area contributed by atoms with Gasteiger partial charge in [0.2, 0.25) is 14.0 Å². The molecule has 3 aromatic rings. The van der Waals surface area contributed by atoms with Gasteiger partial charge in [-0.2, -0.15) is 0 Å². The molecule has 5 rings (SSSR count). The highest BCUT2D eigenvalue weighted by Crippen LogP contribution is 2.54. The normalized spacial score (nSPS) is 20.9. The average Bonchev–Trinajstić information content (AvgIpc) is 3.08. The Morgan fingerprint density at radius 1 is 0.949 bits per heavy atom. The number of carbonyl (C=O) groups is 1. The van der Waals surface area contributed by atoms with E-state index in [4.69, 9.17) is 9.16 Å². The molecule has 2 fully saturated rings. The molecule has 2 amide bonds. The Hall–Kier alpha value is -3.13. The molecule has 0 saturated carbocycles. The first kappa shape index (κ1) is 27.4. The van der Waals surface area contributed by atoms with Crippen LogP contribution < -0.4 is 14.2 Å². The first-order chi connectivity index (χ1) is 18.3. The Morgan fingerprint density at radius 2 is 1.54 bits per heavy atom. The van der Waals surface area contributed by atoms with Crippen LogP contribution in [0.15, 0.2) is 72.8 Å². The summed E-state index contributed by atoms with van der Waals surface area (Å²) in [5, 5.41) is 13.0. The average molecular weight is 545 g/mol. The second-order valence-corrected chi connectivity index (χ2v) is 17.1. The number of amides is 2. The Labute approximate surface area is 233 Å². The van der Waals surface area contributed by atoms with Crippen LogP contribution in [-0.4, -0.2) is 38.2 Å². The summed E-state index contributed by atoms with van der Waals surface area (Å²) in [6.07, 6.45) is 0.906. The molecule has 206 valence electrons. The van der Waals surface area contributed by atoms with Gasteiger partial charge in [-0.1, -0.05) is 69.7 Å². The fourth-order valence-corrected chi connectivity index (χ4v) is 6.29. The van der Waals surface area contributed by atoms with Crippen molar-refractivity contribution in [1.29, 1.82) is 0 Å². The molecule has 0 radical (unpaired) electrons. The van der Waals surface area contributed by atoms with E-state index in [0.717, 1.165) is 17.7 Å². The van der Waals surface area contributed by atoms with Crippen LogP contribution in [0.5, 0.6) is 5.75 Å². The standard InChI is InChI=1S/C32H40N2O4Si/c1-8-24-14-18-26(19-15-24)33-29(35)34(27-16-12-23(2)13-17-27)32(36,31(33)21-37-22-31)25-10-9-11-28(20-25)38-39(6,7)30(3,4)5/h9-20,36H,8,21-22H2,1-7H3. The molecule has 0 aliphatic carbocycles. The van der Waals surface area contributed by atoms with Gasteiger partial charge in [-0.3, -0.25) is 9.80 Å². The molecule has 2 heterocycles. The Balaban J connectivity index is 1.68. The number of urea groups is 1. The van der Waals surface area contributed by atoms with Gasteiger partial charge in [-0.15, -0.1) is 0 Å². The van der Waals surface area contributed by atoms with E-state index in [9.17, 15) is 9.90 Å². The largest absolute Gasteiger partial charge is 0.543 e. The second kappa shape index (κ2) is 9.50. The van der Waals surface area contributed by atoms with Crippen LogP contribution in [-0.2, 0) is 16.9 Å². The van der Waals surface area contributed by atoms with E-state index in [1.54, 1.807) is 4.90 Å². The van der Waals surface area contributed by atoms with E-state index in [2.05, 4.69) is 40.8 Å². The maximum atomic E-state index is 14.4. The lowest BCUT2D eigenvalue weighted by atomic mass is 9.78. The highest BCUT2D eigenvalue weighted by atomic mass is 28.4. The number of carbonyl (C=O) groups excluding carboxylic acids is 1. The fraction of sp³-hybridized carbons (Fsp3) is 0.406. The minimum atomic E-state index is -2.14. The zero-order valence-corrected chi connectivity index (χ0v) is 25.1. The molecule has 1 N–H and O–H groups in total. The van der Waals surface area contributed by atoms with E-state index in [1.807, 2.05) is 79.7 Å². The quantitative estimate of drug-likeness (QED) is 0.339. The minimum Gasteiger partial charge on any atom is -0.543 e. The van der Waals surface area contributed by atoms with Gasteiger partial charge in [0.25, 0.3) is 0 Å². The lowest BCUT2D eigenvalue weighted by Gasteiger charge is -2.51. The summed E-state index contributed by atoms with van der Waals surface area (Å²) in [4.78, 5) is 17.7. The molecule has 0 aromatic heterocycles. The van der Waals surface area contributed by atoms with Crippen LogP contribution in [0, 0.1) is 6.92 Å². The molecule has 3 aromatic carbocycles. The summed E-state index contributed by atoms with van der Waals surface area (Å²) in [5.74, 6) is 0.699. The van der Waals surface area contributed by atoms with Crippen LogP contribution >= 0.6 is 0 Å². The van der Waals surface area contributed by atoms with Crippen molar-refractivity contribution in [2.45, 2.75) is 70.4 Å². The summed E-state index contributed by atoms with van der Waals surface area (Å²) < 4.78 is 12.4. The molecular weight excluding hydrogens is 504 g/mol. The van der Waals surface area contributed by atoms with E-state index in [-0.39, 0.29) is 24.3 Å². The maximum Gasteiger partial charge on any atom is 0.332 e. The first-order valence-electron chi connectivity index (χ1n) is 13.7. The zero-order valence-electron chi connectivity index (χ0n) is 24.1. The third-order valence-electron chi connectivity index (χ3n) is 8.78. The molecule has 1 spiro atoms. The van der Waals surface area contributed by atoms with Crippen molar-refractivity contribution in [3.05, 3.63) is 89.5 Å². The zero-order chi connectivity index (χ0) is 28.2. The van der Waals surface area contributed by atoms with Gasteiger partial charge in [-0.05, 0) is 73.4 Å². The van der Waals surface area contributed by atoms with Crippen molar-refractivity contribution in [2.75, 3.05) is 23.0 Å². The number of hydrogen-bond acceptors (Lipinski definition) is 4. The number of aryl methyl sites for hydroxylation is 2. The lowest BCUT2D eigenvalue weighted by molar-refractivity contribution is -0.153. The number of anilines is 2. The van der Waals surface area contributed by atoms with Gasteiger partial charge in [0, 0.05) is 16.9 Å². The molecule has 2 aliphatic heterocycles. The predicted octanol–water partition coefficient (Wildman–Crippen LogP) is 7.00. The van der Waals surface area contributed by atoms with E-state index >= 15 is 0 Å². The van der Waals surface area contributed by atoms with Gasteiger partial charge >= 0.3 is 6.03 Å². The van der Waals surface area contributed by atoms with Crippen LogP contribution in [0.3, 0.4) is 0 Å². The predicted molar refractivity (Wildman–Crippen MR) is 159 cm³/mol. The van der Waals surface area contributed by atoms with Crippen molar-refractivity contribution in [3.8, 4) is 5.75 Å². The van der Waals surface area contributed by atoms with Crippen molar-refractivity contribution in [1.82, 2.24) is 0 Å². The monoisotopic (exact) mass is 544 g/mol. The van der Waals surface area contributed by atoms with Crippen molar-refractivity contribution < 1.29 is 19.1 Å². The molecular formula is C32H40N2O4Si. The van der Waals surface area contributed by atoms with E-state index in [0.29, 0.717) is 17.0 Å². The Bertz CT molecular complexity index is 1360. The van der Waals surface area contributed by atoms with Gasteiger partial charge in [-0.25, -0.2) is 4.79 Å². The van der Waals surface area contributed by atoms with E-state index in [1.165, 1.54) is 10.5 Å². The minimum absolute atomic E-state index is 0.0155. The topological polar surface area (TPSA) is 62.2 Å². The summed E-state index contributed by atoms with van der Waals surface area (Å²) in [7, 11) is -2.14. The van der Waals surface area contributed by atoms with Crippen molar-refractivity contribution in [3.63, 3.8) is 0 Å². The summed E-state index contributed by atoms with van der Waals surface area (Å²) in [6, 6.07) is 23.1. The van der Waals surface area contributed by atoms with Crippen LogP contribution in [0.4, 0.5) is 16.2 Å². The van der Waals surface area contributed by atoms with Gasteiger partial charge in [0.15, 0.2) is 0 Å². The Morgan fingerprint density at radius 3 is 2.08 bits per heavy atom. The van der Waals surface area contributed by atoms with Gasteiger partial charge < -0.3 is 14.3 Å². The lowest BCUT2D eigenvalue weighted by Crippen LogP contribution is -2.70. The van der Waals surface area contributed by atoms with Crippen LogP contribution in [0.2, 0.25) is 18.1 Å². The smallest absolute Gasteiger partial charge is 0.332 e. The second-order valence-electron chi connectivity index (χ2n) is 12.4. The summed E-state index contributed by atoms with van der Waals surface area (Å²) >= 11 is 0. The van der Waals surface area contributed by atoms with Crippen LogP contribution in [0.1, 0.15) is 44.4 Å². The van der Waals surface area contributed by atoms with E-state index < -0.39 is 19.6 Å². The third kappa shape index (κ3) is 4.27. The summed E-state index contributed by atoms with van der Waals surface area (Å²) in [6.45, 7) is 15.5. The SMILES string of the molecule is CCc1ccc(N2C(=O)N(c3ccc(C)cc3)C(O)(c3cccc(O[Si](C)(C)C(C)(C)C)c3)C23COC3)cc1. The van der Waals surface area contributed by atoms with Gasteiger partial charge in [0.05, 0.1) is 13.2 Å². The number of hydrogen-bond donors (Lipinski definition) is 1. The van der Waals surface area contributed by atoms with Gasteiger partial charge in [0.1, 0.15) is 11.3 Å². The highest BCUT2D eigenvalue weighted by Gasteiger charge is 2.72. The van der Waals surface area contributed by atoms with Crippen molar-refractivity contribution >= 4 is 25.7 Å². The molecule has 2 saturated heterocycles. The first-order valence-corrected chi connectivity index (χ1v) is 16.6. The number of benzene rings is 3.